The maximum Gasteiger partial charge on any atom is 0.271 e. The minimum atomic E-state index is -2.17. The van der Waals surface area contributed by atoms with Crippen molar-refractivity contribution >= 4 is 23.2 Å². The van der Waals surface area contributed by atoms with Gasteiger partial charge < -0.3 is 0 Å². The van der Waals surface area contributed by atoms with E-state index in [0.29, 0.717) is 0 Å². The van der Waals surface area contributed by atoms with E-state index in [2.05, 4.69) is 5.43 Å². The first-order chi connectivity index (χ1) is 3.95. The van der Waals surface area contributed by atoms with Gasteiger partial charge in [0.1, 0.15) is 0 Å². The van der Waals surface area contributed by atoms with Gasteiger partial charge in [-0.15, -0.1) is 0 Å². The lowest BCUT2D eigenvalue weighted by Crippen LogP contribution is -2.37. The lowest BCUT2D eigenvalue weighted by Gasteiger charge is -2.18. The Balaban J connectivity index is 3.47. The molecule has 0 bridgehead atoms. The molecule has 0 saturated carbocycles. The molecule has 0 radical (unpaired) electrons. The molecule has 0 atom stereocenters. The van der Waals surface area contributed by atoms with Crippen LogP contribution in [0.2, 0.25) is 0 Å². The van der Waals surface area contributed by atoms with Crippen LogP contribution in [0.3, 0.4) is 0 Å². The van der Waals surface area contributed by atoms with Gasteiger partial charge in [-0.05, 0) is 7.05 Å². The highest BCUT2D eigenvalue weighted by molar-refractivity contribution is 6.47. The molecule has 0 unspecified atom stereocenters. The van der Waals surface area contributed by atoms with Crippen LogP contribution in [0.25, 0.3) is 0 Å². The minimum absolute atomic E-state index is 0.0629. The van der Waals surface area contributed by atoms with E-state index >= 15 is 0 Å². The Morgan fingerprint density at radius 1 is 1.67 bits per heavy atom. The summed E-state index contributed by atoms with van der Waals surface area (Å²) in [5.41, 5.74) is 2.65. The van der Waals surface area contributed by atoms with Crippen molar-refractivity contribution in [2.75, 3.05) is 20.6 Å². The Morgan fingerprint density at radius 2 is 2.11 bits per heavy atom. The third-order valence-corrected chi connectivity index (χ3v) is 1.04. The quantitative estimate of drug-likeness (QED) is 0.511. The molecule has 0 spiro atoms. The van der Waals surface area contributed by atoms with Gasteiger partial charge in [0, 0.05) is 7.05 Å². The fourth-order valence-corrected chi connectivity index (χ4v) is 0.707. The number of hydrogen-bond acceptors (Lipinski definition) is 2. The Morgan fingerprint density at radius 3 is 2.22 bits per heavy atom. The van der Waals surface area contributed by atoms with Gasteiger partial charge >= 0.3 is 0 Å². The average molecular weight is 175 g/mol. The molecule has 0 aromatic heterocycles. The molecule has 0 rings (SSSR count). The minimum Gasteiger partial charge on any atom is -0.258 e. The summed E-state index contributed by atoms with van der Waals surface area (Å²) in [5, 5.41) is 1.44. The lowest BCUT2D eigenvalue weighted by molar-refractivity contribution is 0.201. The molecule has 56 valence electrons. The normalized spacial score (nSPS) is 12.7. The second-order valence-corrected chi connectivity index (χ2v) is 3.09. The van der Waals surface area contributed by atoms with Gasteiger partial charge in [0.25, 0.3) is 4.59 Å². The van der Waals surface area contributed by atoms with E-state index < -0.39 is 4.59 Å². The van der Waals surface area contributed by atoms with E-state index in [9.17, 15) is 4.39 Å². The van der Waals surface area contributed by atoms with Gasteiger partial charge in [-0.3, -0.25) is 5.43 Å². The standard InChI is InChI=1S/C4H9Cl2FN2/c1-8-9(2)3-4(5,6)7/h8H,3H2,1-2H3. The second-order valence-electron chi connectivity index (χ2n) is 1.69. The molecule has 0 aromatic carbocycles. The van der Waals surface area contributed by atoms with E-state index in [1.54, 1.807) is 14.1 Å². The van der Waals surface area contributed by atoms with Gasteiger partial charge in [-0.1, -0.05) is 23.2 Å². The molecule has 0 aliphatic heterocycles. The van der Waals surface area contributed by atoms with Crippen molar-refractivity contribution in [3.63, 3.8) is 0 Å². The van der Waals surface area contributed by atoms with E-state index in [-0.39, 0.29) is 6.54 Å². The van der Waals surface area contributed by atoms with Gasteiger partial charge in [0.2, 0.25) is 0 Å². The van der Waals surface area contributed by atoms with Crippen molar-refractivity contribution in [1.82, 2.24) is 10.4 Å². The van der Waals surface area contributed by atoms with Crippen LogP contribution < -0.4 is 5.43 Å². The van der Waals surface area contributed by atoms with Crippen LogP contribution in [0, 0.1) is 0 Å². The maximum absolute atomic E-state index is 12.3. The predicted molar refractivity (Wildman–Crippen MR) is 37.2 cm³/mol. The highest BCUT2D eigenvalue weighted by Crippen LogP contribution is 2.22. The van der Waals surface area contributed by atoms with Crippen LogP contribution in [0.5, 0.6) is 0 Å². The molecule has 0 fully saturated rings. The van der Waals surface area contributed by atoms with Crippen LogP contribution in [0.15, 0.2) is 0 Å². The van der Waals surface area contributed by atoms with Crippen LogP contribution in [0.1, 0.15) is 0 Å². The van der Waals surface area contributed by atoms with Crippen LogP contribution in [0.4, 0.5) is 4.39 Å². The van der Waals surface area contributed by atoms with Gasteiger partial charge in [0.15, 0.2) is 0 Å². The van der Waals surface area contributed by atoms with Crippen molar-refractivity contribution in [1.29, 1.82) is 0 Å². The molecule has 2 nitrogen and oxygen atoms in total. The second kappa shape index (κ2) is 3.56. The monoisotopic (exact) mass is 174 g/mol. The number of halogens is 3. The molecule has 5 heteroatoms. The number of nitrogens with zero attached hydrogens (tertiary/aromatic N) is 1. The molecule has 0 amide bonds. The first-order valence-corrected chi connectivity index (χ1v) is 3.16. The van der Waals surface area contributed by atoms with Gasteiger partial charge in [0.05, 0.1) is 6.54 Å². The topological polar surface area (TPSA) is 15.3 Å². The molecule has 0 aliphatic rings. The third kappa shape index (κ3) is 6.31. The summed E-state index contributed by atoms with van der Waals surface area (Å²) >= 11 is 10.0. The third-order valence-electron chi connectivity index (χ3n) is 0.798. The number of rotatable bonds is 3. The molecule has 0 heterocycles. The van der Waals surface area contributed by atoms with Gasteiger partial charge in [-0.25, -0.2) is 9.40 Å². The van der Waals surface area contributed by atoms with Crippen molar-refractivity contribution < 1.29 is 4.39 Å². The first-order valence-electron chi connectivity index (χ1n) is 2.41. The average Bonchev–Trinajstić information content (AvgIpc) is 1.62. The summed E-state index contributed by atoms with van der Waals surface area (Å²) in [6, 6.07) is 0. The number of hydrazine groups is 1. The molecule has 0 aliphatic carbocycles. The molecule has 0 aromatic rings. The Kier molecular flexibility index (Phi) is 3.73. The number of nitrogens with one attached hydrogen (secondary N) is 1. The zero-order valence-electron chi connectivity index (χ0n) is 5.29. The summed E-state index contributed by atoms with van der Waals surface area (Å²) in [6.07, 6.45) is 0. The Labute approximate surface area is 63.9 Å². The largest absolute Gasteiger partial charge is 0.271 e. The summed E-state index contributed by atoms with van der Waals surface area (Å²) in [4.78, 5) is 0. The van der Waals surface area contributed by atoms with Crippen molar-refractivity contribution in [3.8, 4) is 0 Å². The van der Waals surface area contributed by atoms with Gasteiger partial charge in [-0.2, -0.15) is 0 Å². The summed E-state index contributed by atoms with van der Waals surface area (Å²) < 4.78 is 10.1. The summed E-state index contributed by atoms with van der Waals surface area (Å²) in [7, 11) is 3.29. The zero-order chi connectivity index (χ0) is 7.49. The van der Waals surface area contributed by atoms with Crippen LogP contribution in [-0.4, -0.2) is 30.2 Å². The van der Waals surface area contributed by atoms with E-state index in [0.717, 1.165) is 0 Å². The van der Waals surface area contributed by atoms with E-state index in [4.69, 9.17) is 23.2 Å². The maximum atomic E-state index is 12.3. The number of hydrogen-bond donors (Lipinski definition) is 1. The van der Waals surface area contributed by atoms with E-state index in [1.807, 2.05) is 0 Å². The van der Waals surface area contributed by atoms with Crippen LogP contribution in [-0.2, 0) is 0 Å². The lowest BCUT2D eigenvalue weighted by atomic mass is 10.7. The fourth-order valence-electron chi connectivity index (χ4n) is 0.348. The Hall–Kier alpha value is 0.430. The first kappa shape index (κ1) is 9.43. The van der Waals surface area contributed by atoms with E-state index in [1.165, 1.54) is 5.01 Å². The highest BCUT2D eigenvalue weighted by atomic mass is 35.5. The Bertz CT molecular complexity index is 83.1. The molecule has 0 saturated heterocycles. The smallest absolute Gasteiger partial charge is 0.258 e. The zero-order valence-corrected chi connectivity index (χ0v) is 6.80. The summed E-state index contributed by atoms with van der Waals surface area (Å²) in [6.45, 7) is -0.0629. The highest BCUT2D eigenvalue weighted by Gasteiger charge is 2.23. The van der Waals surface area contributed by atoms with Crippen molar-refractivity contribution in [2.24, 2.45) is 0 Å². The predicted octanol–water partition coefficient (Wildman–Crippen LogP) is 1.15. The summed E-state index contributed by atoms with van der Waals surface area (Å²) in [5.74, 6) is 0. The fraction of sp³-hybridized carbons (Fsp3) is 1.00. The molecular formula is C4H9Cl2FN2. The molecule has 9 heavy (non-hydrogen) atoms. The molecule has 1 N–H and O–H groups in total. The SMILES string of the molecule is CNN(C)CC(F)(Cl)Cl. The molecular weight excluding hydrogens is 166 g/mol. The number of alkyl halides is 3. The van der Waals surface area contributed by atoms with Crippen molar-refractivity contribution in [3.05, 3.63) is 0 Å². The van der Waals surface area contributed by atoms with Crippen LogP contribution >= 0.6 is 23.2 Å². The van der Waals surface area contributed by atoms with Crippen molar-refractivity contribution in [2.45, 2.75) is 4.59 Å².